The first-order valence-corrected chi connectivity index (χ1v) is 10.9. The van der Waals surface area contributed by atoms with Gasteiger partial charge in [0.2, 0.25) is 17.8 Å². The zero-order valence-electron chi connectivity index (χ0n) is 18.3. The van der Waals surface area contributed by atoms with Crippen molar-refractivity contribution >= 4 is 35.2 Å². The van der Waals surface area contributed by atoms with Gasteiger partial charge in [0.25, 0.3) is 5.56 Å². The van der Waals surface area contributed by atoms with Crippen molar-refractivity contribution in [2.24, 2.45) is 5.92 Å². The molecule has 0 unspecified atom stereocenters. The van der Waals surface area contributed by atoms with Crippen molar-refractivity contribution in [3.8, 4) is 0 Å². The minimum Gasteiger partial charge on any atom is -0.466 e. The van der Waals surface area contributed by atoms with E-state index in [1.54, 1.807) is 11.8 Å². The monoisotopic (exact) mass is 475 g/mol. The Morgan fingerprint density at radius 3 is 2.79 bits per heavy atom. The van der Waals surface area contributed by atoms with Crippen molar-refractivity contribution in [2.75, 3.05) is 35.2 Å². The molecule has 1 saturated heterocycles. The van der Waals surface area contributed by atoms with Crippen LogP contribution in [0.2, 0.25) is 0 Å². The van der Waals surface area contributed by atoms with Crippen molar-refractivity contribution in [1.82, 2.24) is 9.97 Å². The maximum absolute atomic E-state index is 13.5. The molecule has 3 N–H and O–H groups in total. The van der Waals surface area contributed by atoms with Crippen molar-refractivity contribution in [3.63, 3.8) is 0 Å². The SMILES string of the molecule is CCOC(=O)[C@@H]1CCCN(c2nc3c(c(=O)[nH]2)[C@@H](C(=O)Nc2ccc(F)c(F)c2)CC(=O)N3)C1. The van der Waals surface area contributed by atoms with Gasteiger partial charge in [0.05, 0.1) is 24.0 Å². The summed E-state index contributed by atoms with van der Waals surface area (Å²) in [6.45, 7) is 2.81. The second-order valence-corrected chi connectivity index (χ2v) is 8.11. The third kappa shape index (κ3) is 4.75. The van der Waals surface area contributed by atoms with Gasteiger partial charge in [-0.1, -0.05) is 0 Å². The number of H-pyrrole nitrogens is 1. The largest absolute Gasteiger partial charge is 0.466 e. The first-order valence-electron chi connectivity index (χ1n) is 10.9. The predicted molar refractivity (Wildman–Crippen MR) is 117 cm³/mol. The maximum atomic E-state index is 13.5. The average molecular weight is 475 g/mol. The molecule has 0 bridgehead atoms. The lowest BCUT2D eigenvalue weighted by molar-refractivity contribution is -0.148. The van der Waals surface area contributed by atoms with E-state index in [0.29, 0.717) is 19.4 Å². The Bertz CT molecular complexity index is 1200. The van der Waals surface area contributed by atoms with Crippen molar-refractivity contribution in [3.05, 3.63) is 45.8 Å². The number of nitrogens with one attached hydrogen (secondary N) is 3. The second kappa shape index (κ2) is 9.57. The molecule has 180 valence electrons. The number of fused-ring (bicyclic) bond motifs is 1. The van der Waals surface area contributed by atoms with E-state index in [0.717, 1.165) is 12.1 Å². The van der Waals surface area contributed by atoms with Crippen LogP contribution >= 0.6 is 0 Å². The molecule has 4 rings (SSSR count). The molecule has 2 atom stereocenters. The van der Waals surface area contributed by atoms with Crippen LogP contribution in [0, 0.1) is 17.6 Å². The van der Waals surface area contributed by atoms with Crippen molar-refractivity contribution in [2.45, 2.75) is 32.1 Å². The summed E-state index contributed by atoms with van der Waals surface area (Å²) in [4.78, 5) is 58.9. The number of esters is 1. The van der Waals surface area contributed by atoms with Crippen LogP contribution in [0.15, 0.2) is 23.0 Å². The molecule has 1 aromatic heterocycles. The van der Waals surface area contributed by atoms with E-state index in [4.69, 9.17) is 4.74 Å². The topological polar surface area (TPSA) is 133 Å². The van der Waals surface area contributed by atoms with Gasteiger partial charge in [0, 0.05) is 31.3 Å². The van der Waals surface area contributed by atoms with Gasteiger partial charge in [-0.3, -0.25) is 24.2 Å². The van der Waals surface area contributed by atoms with E-state index in [-0.39, 0.29) is 54.5 Å². The number of halogens is 2. The van der Waals surface area contributed by atoms with Gasteiger partial charge >= 0.3 is 5.97 Å². The molecule has 1 aromatic carbocycles. The number of anilines is 3. The molecule has 34 heavy (non-hydrogen) atoms. The number of carbonyl (C=O) groups is 3. The summed E-state index contributed by atoms with van der Waals surface area (Å²) >= 11 is 0. The summed E-state index contributed by atoms with van der Waals surface area (Å²) in [6, 6.07) is 2.83. The molecule has 2 aliphatic rings. The number of benzene rings is 1. The summed E-state index contributed by atoms with van der Waals surface area (Å²) in [7, 11) is 0. The quantitative estimate of drug-likeness (QED) is 0.563. The Kier molecular flexibility index (Phi) is 6.57. The van der Waals surface area contributed by atoms with E-state index >= 15 is 0 Å². The number of piperidine rings is 1. The van der Waals surface area contributed by atoms with Crippen LogP contribution in [0.5, 0.6) is 0 Å². The number of ether oxygens (including phenoxy) is 1. The van der Waals surface area contributed by atoms with Crippen LogP contribution in [-0.4, -0.2) is 47.4 Å². The number of amides is 2. The van der Waals surface area contributed by atoms with E-state index in [1.807, 2.05) is 0 Å². The average Bonchev–Trinajstić information content (AvgIpc) is 2.80. The van der Waals surface area contributed by atoms with Crippen LogP contribution in [-0.2, 0) is 19.1 Å². The normalized spacial score (nSPS) is 19.7. The molecule has 2 amide bonds. The molecule has 3 heterocycles. The summed E-state index contributed by atoms with van der Waals surface area (Å²) in [5.41, 5.74) is -0.679. The number of rotatable bonds is 5. The van der Waals surface area contributed by atoms with Gasteiger partial charge in [-0.25, -0.2) is 8.78 Å². The van der Waals surface area contributed by atoms with Gasteiger partial charge in [0.1, 0.15) is 5.82 Å². The zero-order chi connectivity index (χ0) is 24.4. The van der Waals surface area contributed by atoms with Gasteiger partial charge in [-0.2, -0.15) is 4.98 Å². The molecule has 12 heteroatoms. The molecular weight excluding hydrogens is 452 g/mol. The van der Waals surface area contributed by atoms with Crippen molar-refractivity contribution in [1.29, 1.82) is 0 Å². The summed E-state index contributed by atoms with van der Waals surface area (Å²) < 4.78 is 31.7. The Labute approximate surface area is 192 Å². The van der Waals surface area contributed by atoms with Crippen LogP contribution in [0.25, 0.3) is 0 Å². The molecule has 1 fully saturated rings. The van der Waals surface area contributed by atoms with Crippen LogP contribution < -0.4 is 21.1 Å². The summed E-state index contributed by atoms with van der Waals surface area (Å²) in [6.07, 6.45) is 1.00. The minimum atomic E-state index is -1.18. The Morgan fingerprint density at radius 2 is 2.06 bits per heavy atom. The number of hydrogen-bond acceptors (Lipinski definition) is 7. The standard InChI is InChI=1S/C22H23F2N5O5/c1-2-34-21(33)11-4-3-7-29(10-11)22-27-18-17(20(32)28-22)13(9-16(30)26-18)19(31)25-12-5-6-14(23)15(24)8-12/h5-6,8,11,13H,2-4,7,9-10H2,1H3,(H,25,31)(H2,26,27,28,30,32)/t11-,13+/m1/s1. The fourth-order valence-electron chi connectivity index (χ4n) is 4.16. The van der Waals surface area contributed by atoms with Gasteiger partial charge in [-0.05, 0) is 31.9 Å². The van der Waals surface area contributed by atoms with Crippen LogP contribution in [0.1, 0.15) is 37.7 Å². The van der Waals surface area contributed by atoms with E-state index in [1.165, 1.54) is 6.07 Å². The third-order valence-electron chi connectivity index (χ3n) is 5.78. The van der Waals surface area contributed by atoms with E-state index < -0.39 is 34.9 Å². The number of carbonyl (C=O) groups excluding carboxylic acids is 3. The Balaban J connectivity index is 1.59. The molecule has 2 aliphatic heterocycles. The maximum Gasteiger partial charge on any atom is 0.310 e. The highest BCUT2D eigenvalue weighted by Crippen LogP contribution is 2.31. The lowest BCUT2D eigenvalue weighted by atomic mass is 9.92. The van der Waals surface area contributed by atoms with Gasteiger partial charge in [-0.15, -0.1) is 0 Å². The Morgan fingerprint density at radius 1 is 1.26 bits per heavy atom. The third-order valence-corrected chi connectivity index (χ3v) is 5.78. The van der Waals surface area contributed by atoms with Crippen LogP contribution in [0.4, 0.5) is 26.2 Å². The molecule has 2 aromatic rings. The minimum absolute atomic E-state index is 0.0178. The number of nitrogens with zero attached hydrogens (tertiary/aromatic N) is 2. The molecule has 0 radical (unpaired) electrons. The molecular formula is C22H23F2N5O5. The summed E-state index contributed by atoms with van der Waals surface area (Å²) in [5.74, 6) is -5.25. The highest BCUT2D eigenvalue weighted by Gasteiger charge is 2.36. The smallest absolute Gasteiger partial charge is 0.310 e. The first kappa shape index (κ1) is 23.3. The predicted octanol–water partition coefficient (Wildman–Crippen LogP) is 1.89. The van der Waals surface area contributed by atoms with E-state index in [2.05, 4.69) is 20.6 Å². The summed E-state index contributed by atoms with van der Waals surface area (Å²) in [5, 5.41) is 4.93. The van der Waals surface area contributed by atoms with Gasteiger partial charge in [0.15, 0.2) is 11.6 Å². The molecule has 10 nitrogen and oxygen atoms in total. The zero-order valence-corrected chi connectivity index (χ0v) is 18.3. The highest BCUT2D eigenvalue weighted by atomic mass is 19.2. The van der Waals surface area contributed by atoms with Gasteiger partial charge < -0.3 is 20.3 Å². The highest BCUT2D eigenvalue weighted by molar-refractivity contribution is 6.04. The second-order valence-electron chi connectivity index (χ2n) is 8.11. The number of aromatic amines is 1. The van der Waals surface area contributed by atoms with Crippen LogP contribution in [0.3, 0.4) is 0 Å². The Hall–Kier alpha value is -3.83. The van der Waals surface area contributed by atoms with Crippen molar-refractivity contribution < 1.29 is 27.9 Å². The molecule has 0 aliphatic carbocycles. The molecule has 0 spiro atoms. The fraction of sp³-hybridized carbons (Fsp3) is 0.409. The molecule has 0 saturated carbocycles. The first-order chi connectivity index (χ1) is 16.3. The van der Waals surface area contributed by atoms with E-state index in [9.17, 15) is 28.0 Å². The lowest BCUT2D eigenvalue weighted by Gasteiger charge is -2.32. The lowest BCUT2D eigenvalue weighted by Crippen LogP contribution is -2.42. The number of aromatic nitrogens is 2. The fourth-order valence-corrected chi connectivity index (χ4v) is 4.16. The number of hydrogen-bond donors (Lipinski definition) is 3.